The number of carbonyl (C=O) groups is 1. The number of aryl methyl sites for hydroxylation is 3. The van der Waals surface area contributed by atoms with Crippen molar-refractivity contribution in [1.29, 1.82) is 0 Å². The summed E-state index contributed by atoms with van der Waals surface area (Å²) < 4.78 is 1.57. The van der Waals surface area contributed by atoms with Gasteiger partial charge >= 0.3 is 0 Å². The summed E-state index contributed by atoms with van der Waals surface area (Å²) in [5.41, 5.74) is 10.0. The van der Waals surface area contributed by atoms with Crippen LogP contribution in [0.3, 0.4) is 0 Å². The van der Waals surface area contributed by atoms with Crippen LogP contribution in [0.25, 0.3) is 5.78 Å². The SMILES string of the molecule is CCc1ccc(NC(=O)Cc2c(C)nc3nc(N)nn3c2C)cc1. The molecule has 0 aliphatic heterocycles. The Balaban J connectivity index is 1.81. The Labute approximate surface area is 139 Å². The standard InChI is InChI=1S/C17H20N6O/c1-4-12-5-7-13(8-6-12)20-15(24)9-14-10(2)19-17-21-16(18)22-23(17)11(14)3/h5-8H,4,9H2,1-3H3,(H2,18,22)(H,20,24). The van der Waals surface area contributed by atoms with Crippen molar-refractivity contribution in [2.75, 3.05) is 11.1 Å². The molecule has 7 nitrogen and oxygen atoms in total. The van der Waals surface area contributed by atoms with Gasteiger partial charge in [0, 0.05) is 22.6 Å². The van der Waals surface area contributed by atoms with E-state index in [-0.39, 0.29) is 18.3 Å². The number of nitrogens with one attached hydrogen (secondary N) is 1. The van der Waals surface area contributed by atoms with E-state index in [1.807, 2.05) is 38.1 Å². The van der Waals surface area contributed by atoms with E-state index in [1.54, 1.807) is 4.52 Å². The molecule has 0 saturated heterocycles. The van der Waals surface area contributed by atoms with Gasteiger partial charge in [-0.25, -0.2) is 4.98 Å². The van der Waals surface area contributed by atoms with Gasteiger partial charge in [-0.3, -0.25) is 4.79 Å². The van der Waals surface area contributed by atoms with Gasteiger partial charge in [-0.1, -0.05) is 19.1 Å². The first-order chi connectivity index (χ1) is 11.5. The molecule has 0 saturated carbocycles. The Morgan fingerprint density at radius 2 is 1.92 bits per heavy atom. The van der Waals surface area contributed by atoms with E-state index in [4.69, 9.17) is 5.73 Å². The molecule has 2 heterocycles. The van der Waals surface area contributed by atoms with Crippen LogP contribution in [-0.4, -0.2) is 25.5 Å². The van der Waals surface area contributed by atoms with Crippen molar-refractivity contribution in [1.82, 2.24) is 19.6 Å². The van der Waals surface area contributed by atoms with Crippen LogP contribution in [0, 0.1) is 13.8 Å². The van der Waals surface area contributed by atoms with Crippen LogP contribution in [0.4, 0.5) is 11.6 Å². The summed E-state index contributed by atoms with van der Waals surface area (Å²) in [6.45, 7) is 5.84. The molecule has 3 rings (SSSR count). The molecular formula is C17H20N6O. The van der Waals surface area contributed by atoms with Crippen LogP contribution in [0.5, 0.6) is 0 Å². The van der Waals surface area contributed by atoms with Crippen LogP contribution in [0.15, 0.2) is 24.3 Å². The molecule has 0 bridgehead atoms. The lowest BCUT2D eigenvalue weighted by Crippen LogP contribution is -2.17. The molecule has 0 atom stereocenters. The summed E-state index contributed by atoms with van der Waals surface area (Å²) in [5, 5.41) is 7.03. The molecule has 0 aliphatic carbocycles. The van der Waals surface area contributed by atoms with Crippen LogP contribution < -0.4 is 11.1 Å². The Morgan fingerprint density at radius 1 is 1.21 bits per heavy atom. The molecule has 0 fully saturated rings. The van der Waals surface area contributed by atoms with Crippen LogP contribution in [-0.2, 0) is 17.6 Å². The zero-order valence-electron chi connectivity index (χ0n) is 14.0. The maximum absolute atomic E-state index is 12.4. The average Bonchev–Trinajstić information content (AvgIpc) is 2.92. The van der Waals surface area contributed by atoms with Gasteiger partial charge in [0.1, 0.15) is 0 Å². The third-order valence-electron chi connectivity index (χ3n) is 4.05. The predicted molar refractivity (Wildman–Crippen MR) is 92.8 cm³/mol. The number of nitrogens with two attached hydrogens (primary N) is 1. The second-order valence-corrected chi connectivity index (χ2v) is 5.72. The van der Waals surface area contributed by atoms with Gasteiger partial charge in [-0.15, -0.1) is 5.10 Å². The lowest BCUT2D eigenvalue weighted by molar-refractivity contribution is -0.115. The molecule has 3 aromatic rings. The molecule has 0 unspecified atom stereocenters. The molecule has 0 radical (unpaired) electrons. The van der Waals surface area contributed by atoms with Gasteiger partial charge in [0.15, 0.2) is 0 Å². The van der Waals surface area contributed by atoms with Crippen molar-refractivity contribution < 1.29 is 4.79 Å². The fourth-order valence-corrected chi connectivity index (χ4v) is 2.67. The number of amides is 1. The van der Waals surface area contributed by atoms with E-state index in [9.17, 15) is 4.79 Å². The maximum Gasteiger partial charge on any atom is 0.254 e. The first-order valence-electron chi connectivity index (χ1n) is 7.85. The Bertz CT molecular complexity index is 898. The normalized spacial score (nSPS) is 11.0. The van der Waals surface area contributed by atoms with Gasteiger partial charge in [-0.2, -0.15) is 9.50 Å². The van der Waals surface area contributed by atoms with Crippen LogP contribution in [0.2, 0.25) is 0 Å². The van der Waals surface area contributed by atoms with E-state index >= 15 is 0 Å². The minimum Gasteiger partial charge on any atom is -0.366 e. The quantitative estimate of drug-likeness (QED) is 0.765. The number of carbonyl (C=O) groups excluding carboxylic acids is 1. The third kappa shape index (κ3) is 3.05. The lowest BCUT2D eigenvalue weighted by Gasteiger charge is -2.11. The third-order valence-corrected chi connectivity index (χ3v) is 4.05. The number of nitrogen functional groups attached to an aromatic ring is 1. The zero-order chi connectivity index (χ0) is 17.3. The molecule has 2 aromatic heterocycles. The number of rotatable bonds is 4. The van der Waals surface area contributed by atoms with Crippen molar-refractivity contribution in [3.05, 3.63) is 46.8 Å². The molecule has 24 heavy (non-hydrogen) atoms. The van der Waals surface area contributed by atoms with Gasteiger partial charge in [0.2, 0.25) is 11.9 Å². The first-order valence-corrected chi connectivity index (χ1v) is 7.85. The van der Waals surface area contributed by atoms with E-state index in [0.717, 1.165) is 29.1 Å². The van der Waals surface area contributed by atoms with Crippen molar-refractivity contribution in [3.8, 4) is 0 Å². The summed E-state index contributed by atoms with van der Waals surface area (Å²) in [6, 6.07) is 7.85. The smallest absolute Gasteiger partial charge is 0.254 e. The van der Waals surface area contributed by atoms with Gasteiger partial charge in [0.25, 0.3) is 5.78 Å². The minimum absolute atomic E-state index is 0.0975. The van der Waals surface area contributed by atoms with Crippen LogP contribution in [0.1, 0.15) is 29.4 Å². The topological polar surface area (TPSA) is 98.2 Å². The fourth-order valence-electron chi connectivity index (χ4n) is 2.67. The van der Waals surface area contributed by atoms with Gasteiger partial charge in [-0.05, 0) is 38.0 Å². The van der Waals surface area contributed by atoms with Crippen molar-refractivity contribution in [2.24, 2.45) is 0 Å². The summed E-state index contributed by atoms with van der Waals surface area (Å²) in [6.07, 6.45) is 1.19. The lowest BCUT2D eigenvalue weighted by atomic mass is 10.1. The molecule has 1 aromatic carbocycles. The largest absolute Gasteiger partial charge is 0.366 e. The first kappa shape index (κ1) is 15.9. The van der Waals surface area contributed by atoms with E-state index in [1.165, 1.54) is 5.56 Å². The van der Waals surface area contributed by atoms with Crippen LogP contribution >= 0.6 is 0 Å². The molecule has 0 spiro atoms. The highest BCUT2D eigenvalue weighted by Crippen LogP contribution is 2.16. The fraction of sp³-hybridized carbons (Fsp3) is 0.294. The number of aromatic nitrogens is 4. The van der Waals surface area contributed by atoms with Crippen molar-refractivity contribution in [3.63, 3.8) is 0 Å². The summed E-state index contributed by atoms with van der Waals surface area (Å²) in [4.78, 5) is 20.8. The second-order valence-electron chi connectivity index (χ2n) is 5.72. The van der Waals surface area contributed by atoms with E-state index in [2.05, 4.69) is 27.3 Å². The highest BCUT2D eigenvalue weighted by molar-refractivity contribution is 5.92. The zero-order valence-corrected chi connectivity index (χ0v) is 14.0. The molecule has 1 amide bonds. The molecule has 124 valence electrons. The van der Waals surface area contributed by atoms with E-state index < -0.39 is 0 Å². The average molecular weight is 324 g/mol. The highest BCUT2D eigenvalue weighted by atomic mass is 16.1. The van der Waals surface area contributed by atoms with Gasteiger partial charge in [0.05, 0.1) is 6.42 Å². The number of hydrogen-bond donors (Lipinski definition) is 2. The Kier molecular flexibility index (Phi) is 4.16. The number of anilines is 2. The number of fused-ring (bicyclic) bond motifs is 1. The molecule has 3 N–H and O–H groups in total. The Morgan fingerprint density at radius 3 is 2.58 bits per heavy atom. The summed E-state index contributed by atoms with van der Waals surface area (Å²) in [7, 11) is 0. The summed E-state index contributed by atoms with van der Waals surface area (Å²) >= 11 is 0. The van der Waals surface area contributed by atoms with E-state index in [0.29, 0.717) is 5.78 Å². The van der Waals surface area contributed by atoms with Crippen molar-refractivity contribution in [2.45, 2.75) is 33.6 Å². The van der Waals surface area contributed by atoms with Gasteiger partial charge < -0.3 is 11.1 Å². The summed E-state index contributed by atoms with van der Waals surface area (Å²) in [5.74, 6) is 0.518. The maximum atomic E-state index is 12.4. The predicted octanol–water partition coefficient (Wildman–Crippen LogP) is 2.07. The van der Waals surface area contributed by atoms with Crippen molar-refractivity contribution >= 4 is 23.3 Å². The monoisotopic (exact) mass is 324 g/mol. The number of nitrogens with zero attached hydrogens (tertiary/aromatic N) is 4. The number of benzene rings is 1. The molecule has 0 aliphatic rings. The number of hydrogen-bond acceptors (Lipinski definition) is 5. The molecule has 7 heteroatoms. The Hall–Kier alpha value is -2.96. The second kappa shape index (κ2) is 6.27. The minimum atomic E-state index is -0.0975. The molecular weight excluding hydrogens is 304 g/mol. The highest BCUT2D eigenvalue weighted by Gasteiger charge is 2.15.